The van der Waals surface area contributed by atoms with Crippen molar-refractivity contribution in [3.63, 3.8) is 0 Å². The minimum absolute atomic E-state index is 0.0439. The molecule has 1 aliphatic rings. The number of ether oxygens (including phenoxy) is 2. The van der Waals surface area contributed by atoms with Crippen molar-refractivity contribution >= 4 is 11.8 Å². The third-order valence-electron chi connectivity index (χ3n) is 4.81. The Hall–Kier alpha value is -2.28. The molecule has 0 bridgehead atoms. The SMILES string of the molecule is COc1cccc(CN(C)C(=O)C[NH+]2CCC(C(N)=O)CC2)c1OC. The first-order chi connectivity index (χ1) is 12.0. The highest BCUT2D eigenvalue weighted by atomic mass is 16.5. The molecule has 0 atom stereocenters. The smallest absolute Gasteiger partial charge is 0.277 e. The minimum atomic E-state index is -0.229. The molecule has 1 aromatic carbocycles. The fourth-order valence-electron chi connectivity index (χ4n) is 3.26. The quantitative estimate of drug-likeness (QED) is 0.690. The van der Waals surface area contributed by atoms with E-state index in [1.54, 1.807) is 26.2 Å². The number of carbonyl (C=O) groups is 2. The van der Waals surface area contributed by atoms with Gasteiger partial charge < -0.3 is 25.0 Å². The van der Waals surface area contributed by atoms with Crippen LogP contribution in [0.25, 0.3) is 0 Å². The summed E-state index contributed by atoms with van der Waals surface area (Å²) in [5.41, 5.74) is 6.26. The third-order valence-corrected chi connectivity index (χ3v) is 4.81. The van der Waals surface area contributed by atoms with E-state index in [2.05, 4.69) is 0 Å². The highest BCUT2D eigenvalue weighted by Crippen LogP contribution is 2.31. The molecule has 1 aliphatic heterocycles. The molecule has 1 fully saturated rings. The molecular weight excluding hydrogens is 322 g/mol. The molecule has 3 N–H and O–H groups in total. The van der Waals surface area contributed by atoms with Gasteiger partial charge >= 0.3 is 0 Å². The zero-order valence-corrected chi connectivity index (χ0v) is 15.2. The highest BCUT2D eigenvalue weighted by molar-refractivity contribution is 5.77. The van der Waals surface area contributed by atoms with E-state index in [1.807, 2.05) is 18.2 Å². The summed E-state index contributed by atoms with van der Waals surface area (Å²) < 4.78 is 10.7. The van der Waals surface area contributed by atoms with E-state index in [-0.39, 0.29) is 17.7 Å². The maximum Gasteiger partial charge on any atom is 0.277 e. The van der Waals surface area contributed by atoms with E-state index in [1.165, 1.54) is 4.90 Å². The van der Waals surface area contributed by atoms with Gasteiger partial charge in [0.1, 0.15) is 0 Å². The van der Waals surface area contributed by atoms with Crippen molar-refractivity contribution in [2.24, 2.45) is 11.7 Å². The molecule has 1 aromatic rings. The fraction of sp³-hybridized carbons (Fsp3) is 0.556. The molecule has 2 amide bonds. The normalized spacial score (nSPS) is 20.0. The van der Waals surface area contributed by atoms with E-state index >= 15 is 0 Å². The Labute approximate surface area is 148 Å². The zero-order valence-electron chi connectivity index (χ0n) is 15.2. The Balaban J connectivity index is 1.92. The molecule has 7 heteroatoms. The van der Waals surface area contributed by atoms with E-state index in [9.17, 15) is 9.59 Å². The topological polar surface area (TPSA) is 86.3 Å². The maximum atomic E-state index is 12.5. The molecule has 0 unspecified atom stereocenters. The van der Waals surface area contributed by atoms with Gasteiger partial charge in [-0.05, 0) is 6.07 Å². The Morgan fingerprint density at radius 2 is 1.92 bits per heavy atom. The summed E-state index contributed by atoms with van der Waals surface area (Å²) in [4.78, 5) is 26.6. The van der Waals surface area contributed by atoms with Crippen LogP contribution >= 0.6 is 0 Å². The molecule has 0 spiro atoms. The lowest BCUT2D eigenvalue weighted by molar-refractivity contribution is -0.898. The second-order valence-electron chi connectivity index (χ2n) is 6.51. The molecule has 1 heterocycles. The average Bonchev–Trinajstić information content (AvgIpc) is 2.61. The van der Waals surface area contributed by atoms with Crippen LogP contribution in [0.2, 0.25) is 0 Å². The second kappa shape index (κ2) is 8.71. The van der Waals surface area contributed by atoms with Gasteiger partial charge in [-0.25, -0.2) is 0 Å². The number of primary amides is 1. The number of para-hydroxylation sites is 1. The van der Waals surface area contributed by atoms with Crippen LogP contribution in [0.4, 0.5) is 0 Å². The van der Waals surface area contributed by atoms with Crippen LogP contribution in [0, 0.1) is 5.92 Å². The van der Waals surface area contributed by atoms with Crippen molar-refractivity contribution in [1.29, 1.82) is 0 Å². The predicted molar refractivity (Wildman–Crippen MR) is 93.5 cm³/mol. The Bertz CT molecular complexity index is 612. The van der Waals surface area contributed by atoms with Crippen LogP contribution in [0.3, 0.4) is 0 Å². The summed E-state index contributed by atoms with van der Waals surface area (Å²) >= 11 is 0. The number of benzene rings is 1. The van der Waals surface area contributed by atoms with Crippen molar-refractivity contribution in [3.05, 3.63) is 23.8 Å². The standard InChI is InChI=1S/C18H27N3O4/c1-20(11-14-5-4-6-15(24-2)17(14)25-3)16(22)12-21-9-7-13(8-10-21)18(19)23/h4-6,13H,7-12H2,1-3H3,(H2,19,23)/p+1. The summed E-state index contributed by atoms with van der Waals surface area (Å²) in [6.45, 7) is 2.48. The van der Waals surface area contributed by atoms with E-state index in [0.29, 0.717) is 24.6 Å². The van der Waals surface area contributed by atoms with Crippen LogP contribution in [0.5, 0.6) is 11.5 Å². The molecule has 25 heavy (non-hydrogen) atoms. The van der Waals surface area contributed by atoms with Gasteiger partial charge in [0.2, 0.25) is 5.91 Å². The first-order valence-electron chi connectivity index (χ1n) is 8.53. The largest absolute Gasteiger partial charge is 0.493 e. The first kappa shape index (κ1) is 19.1. The van der Waals surface area contributed by atoms with Gasteiger partial charge in [-0.2, -0.15) is 0 Å². The van der Waals surface area contributed by atoms with Gasteiger partial charge in [0.25, 0.3) is 5.91 Å². The van der Waals surface area contributed by atoms with Crippen LogP contribution in [0.15, 0.2) is 18.2 Å². The van der Waals surface area contributed by atoms with Crippen molar-refractivity contribution in [1.82, 2.24) is 4.90 Å². The lowest BCUT2D eigenvalue weighted by atomic mass is 9.96. The molecule has 2 rings (SSSR count). The number of nitrogens with zero attached hydrogens (tertiary/aromatic N) is 1. The number of nitrogens with one attached hydrogen (secondary N) is 1. The number of quaternary nitrogens is 1. The maximum absolute atomic E-state index is 12.5. The highest BCUT2D eigenvalue weighted by Gasteiger charge is 2.28. The van der Waals surface area contributed by atoms with Crippen LogP contribution in [0.1, 0.15) is 18.4 Å². The molecule has 0 aromatic heterocycles. The van der Waals surface area contributed by atoms with Crippen molar-refractivity contribution < 1.29 is 24.0 Å². The number of hydrogen-bond acceptors (Lipinski definition) is 4. The number of hydrogen-bond donors (Lipinski definition) is 2. The van der Waals surface area contributed by atoms with E-state index < -0.39 is 0 Å². The Morgan fingerprint density at radius 3 is 2.48 bits per heavy atom. The average molecular weight is 350 g/mol. The first-order valence-corrected chi connectivity index (χ1v) is 8.53. The molecule has 0 radical (unpaired) electrons. The number of carbonyl (C=O) groups excluding carboxylic acids is 2. The van der Waals surface area contributed by atoms with E-state index in [4.69, 9.17) is 15.2 Å². The number of likely N-dealkylation sites (tertiary alicyclic amines) is 1. The third kappa shape index (κ3) is 4.85. The molecule has 7 nitrogen and oxygen atoms in total. The van der Waals surface area contributed by atoms with Gasteiger partial charge in [0, 0.05) is 37.9 Å². The summed E-state index contributed by atoms with van der Waals surface area (Å²) in [5.74, 6) is 1.10. The predicted octanol–water partition coefficient (Wildman–Crippen LogP) is -0.558. The van der Waals surface area contributed by atoms with Gasteiger partial charge in [-0.3, -0.25) is 9.59 Å². The molecular formula is C18H28N3O4+. The fourth-order valence-corrected chi connectivity index (χ4v) is 3.26. The number of piperidine rings is 1. The summed E-state index contributed by atoms with van der Waals surface area (Å²) in [7, 11) is 4.97. The molecule has 138 valence electrons. The number of nitrogens with two attached hydrogens (primary N) is 1. The Kier molecular flexibility index (Phi) is 6.64. The number of amides is 2. The van der Waals surface area contributed by atoms with Gasteiger partial charge in [0.05, 0.1) is 27.3 Å². The monoisotopic (exact) mass is 350 g/mol. The number of likely N-dealkylation sites (N-methyl/N-ethyl adjacent to an activating group) is 1. The van der Waals surface area contributed by atoms with Gasteiger partial charge in [-0.1, -0.05) is 12.1 Å². The van der Waals surface area contributed by atoms with Gasteiger partial charge in [0.15, 0.2) is 18.0 Å². The molecule has 0 saturated carbocycles. The van der Waals surface area contributed by atoms with Crippen molar-refractivity contribution in [2.45, 2.75) is 19.4 Å². The zero-order chi connectivity index (χ0) is 18.4. The van der Waals surface area contributed by atoms with Crippen molar-refractivity contribution in [3.8, 4) is 11.5 Å². The van der Waals surface area contributed by atoms with Crippen LogP contribution in [-0.2, 0) is 16.1 Å². The number of rotatable bonds is 7. The van der Waals surface area contributed by atoms with Crippen molar-refractivity contribution in [2.75, 3.05) is 40.9 Å². The van der Waals surface area contributed by atoms with Crippen LogP contribution < -0.4 is 20.1 Å². The lowest BCUT2D eigenvalue weighted by Gasteiger charge is -2.28. The Morgan fingerprint density at radius 1 is 1.24 bits per heavy atom. The second-order valence-corrected chi connectivity index (χ2v) is 6.51. The molecule has 0 aliphatic carbocycles. The molecule has 1 saturated heterocycles. The summed E-state index contributed by atoms with van der Waals surface area (Å²) in [5, 5.41) is 0. The van der Waals surface area contributed by atoms with E-state index in [0.717, 1.165) is 31.5 Å². The van der Waals surface area contributed by atoms with Gasteiger partial charge in [-0.15, -0.1) is 0 Å². The van der Waals surface area contributed by atoms with Crippen LogP contribution in [-0.4, -0.2) is 57.6 Å². The number of methoxy groups -OCH3 is 2. The summed E-state index contributed by atoms with van der Waals surface area (Å²) in [6, 6.07) is 5.64. The lowest BCUT2D eigenvalue weighted by Crippen LogP contribution is -3.14. The minimum Gasteiger partial charge on any atom is -0.493 e. The summed E-state index contributed by atoms with van der Waals surface area (Å²) in [6.07, 6.45) is 1.51.